The average molecular weight is 309 g/mol. The van der Waals surface area contributed by atoms with E-state index in [1.807, 2.05) is 18.2 Å². The molecule has 112 valence electrons. The summed E-state index contributed by atoms with van der Waals surface area (Å²) in [5.74, 6) is 1.85. The van der Waals surface area contributed by atoms with Gasteiger partial charge in [0.2, 0.25) is 5.75 Å². The maximum Gasteiger partial charge on any atom is 0.203 e. The molecule has 5 nitrogen and oxygen atoms in total. The first-order chi connectivity index (χ1) is 10.2. The predicted octanol–water partition coefficient (Wildman–Crippen LogP) is 3.37. The summed E-state index contributed by atoms with van der Waals surface area (Å²) in [6, 6.07) is 7.37. The summed E-state index contributed by atoms with van der Waals surface area (Å²) in [6.07, 6.45) is 1.68. The lowest BCUT2D eigenvalue weighted by atomic mass is 10.1. The number of rotatable bonds is 6. The van der Waals surface area contributed by atoms with Crippen LogP contribution in [-0.2, 0) is 6.54 Å². The molecular weight excluding hydrogens is 292 g/mol. The number of aromatic nitrogens is 1. The normalized spacial score (nSPS) is 10.1. The van der Waals surface area contributed by atoms with Crippen molar-refractivity contribution in [3.63, 3.8) is 0 Å². The quantitative estimate of drug-likeness (QED) is 0.829. The van der Waals surface area contributed by atoms with Crippen molar-refractivity contribution in [1.82, 2.24) is 4.98 Å². The summed E-state index contributed by atoms with van der Waals surface area (Å²) in [6.45, 7) is 0.562. The summed E-state index contributed by atoms with van der Waals surface area (Å²) in [7, 11) is 4.78. The zero-order valence-corrected chi connectivity index (χ0v) is 12.9. The van der Waals surface area contributed by atoms with Crippen LogP contribution >= 0.6 is 11.6 Å². The molecule has 0 fully saturated rings. The molecule has 0 atom stereocenters. The van der Waals surface area contributed by atoms with Crippen LogP contribution < -0.4 is 19.5 Å². The van der Waals surface area contributed by atoms with Crippen LogP contribution in [0.25, 0.3) is 0 Å². The van der Waals surface area contributed by atoms with Crippen molar-refractivity contribution in [2.75, 3.05) is 26.6 Å². The molecule has 0 bridgehead atoms. The van der Waals surface area contributed by atoms with Crippen LogP contribution in [0.3, 0.4) is 0 Å². The van der Waals surface area contributed by atoms with Crippen LogP contribution in [0.5, 0.6) is 17.2 Å². The van der Waals surface area contributed by atoms with Crippen LogP contribution in [0.1, 0.15) is 5.56 Å². The standard InChI is InChI=1S/C15H17ClN2O3/c1-19-12-6-4-10(14(20-2)15(12)21-3)8-17-11-5-7-13(16)18-9-11/h4-7,9,17H,8H2,1-3H3. The minimum atomic E-state index is 0.462. The number of pyridine rings is 1. The highest BCUT2D eigenvalue weighted by atomic mass is 35.5. The summed E-state index contributed by atoms with van der Waals surface area (Å²) < 4.78 is 16.1. The first kappa shape index (κ1) is 15.3. The number of halogens is 1. The Bertz CT molecular complexity index is 603. The Morgan fingerprint density at radius 2 is 1.76 bits per heavy atom. The van der Waals surface area contributed by atoms with Gasteiger partial charge in [-0.05, 0) is 24.3 Å². The maximum atomic E-state index is 5.76. The highest BCUT2D eigenvalue weighted by Gasteiger charge is 2.15. The third-order valence-corrected chi connectivity index (χ3v) is 3.22. The van der Waals surface area contributed by atoms with E-state index >= 15 is 0 Å². The monoisotopic (exact) mass is 308 g/mol. The van der Waals surface area contributed by atoms with Gasteiger partial charge in [-0.1, -0.05) is 11.6 Å². The average Bonchev–Trinajstić information content (AvgIpc) is 2.53. The van der Waals surface area contributed by atoms with Crippen molar-refractivity contribution in [1.29, 1.82) is 0 Å². The third-order valence-electron chi connectivity index (χ3n) is 3.00. The minimum absolute atomic E-state index is 0.462. The van der Waals surface area contributed by atoms with Gasteiger partial charge in [-0.2, -0.15) is 0 Å². The summed E-state index contributed by atoms with van der Waals surface area (Å²) in [5.41, 5.74) is 1.82. The molecule has 0 radical (unpaired) electrons. The van der Waals surface area contributed by atoms with Crippen LogP contribution in [0.4, 0.5) is 5.69 Å². The molecule has 2 aromatic rings. The molecule has 6 heteroatoms. The molecule has 1 N–H and O–H groups in total. The SMILES string of the molecule is COc1ccc(CNc2ccc(Cl)nc2)c(OC)c1OC. The molecule has 2 rings (SSSR count). The molecule has 0 aliphatic rings. The second-order valence-electron chi connectivity index (χ2n) is 4.22. The van der Waals surface area contributed by atoms with Gasteiger partial charge in [-0.15, -0.1) is 0 Å². The number of benzene rings is 1. The van der Waals surface area contributed by atoms with Crippen LogP contribution in [0.2, 0.25) is 5.15 Å². The molecule has 1 aromatic heterocycles. The van der Waals surface area contributed by atoms with Crippen LogP contribution in [0, 0.1) is 0 Å². The Morgan fingerprint density at radius 1 is 1.00 bits per heavy atom. The van der Waals surface area contributed by atoms with Gasteiger partial charge in [0.05, 0.1) is 33.2 Å². The van der Waals surface area contributed by atoms with Gasteiger partial charge in [-0.25, -0.2) is 4.98 Å². The molecule has 0 saturated heterocycles. The highest BCUT2D eigenvalue weighted by molar-refractivity contribution is 6.29. The maximum absolute atomic E-state index is 5.76. The second kappa shape index (κ2) is 7.04. The number of hydrogen-bond acceptors (Lipinski definition) is 5. The van der Waals surface area contributed by atoms with Crippen molar-refractivity contribution < 1.29 is 14.2 Å². The molecule has 0 saturated carbocycles. The number of nitrogens with one attached hydrogen (secondary N) is 1. The van der Waals surface area contributed by atoms with Gasteiger partial charge in [0.25, 0.3) is 0 Å². The Kier molecular flexibility index (Phi) is 5.11. The van der Waals surface area contributed by atoms with E-state index in [1.165, 1.54) is 0 Å². The Balaban J connectivity index is 2.21. The molecule has 1 heterocycles. The van der Waals surface area contributed by atoms with Crippen molar-refractivity contribution in [3.8, 4) is 17.2 Å². The molecule has 0 spiro atoms. The van der Waals surface area contributed by atoms with E-state index in [0.717, 1.165) is 11.3 Å². The van der Waals surface area contributed by atoms with Gasteiger partial charge < -0.3 is 19.5 Å². The smallest absolute Gasteiger partial charge is 0.203 e. The molecule has 0 aliphatic heterocycles. The predicted molar refractivity (Wildman–Crippen MR) is 82.7 cm³/mol. The van der Waals surface area contributed by atoms with E-state index in [9.17, 15) is 0 Å². The van der Waals surface area contributed by atoms with Gasteiger partial charge in [0, 0.05) is 12.1 Å². The van der Waals surface area contributed by atoms with Gasteiger partial charge in [0.15, 0.2) is 11.5 Å². The Morgan fingerprint density at radius 3 is 2.33 bits per heavy atom. The minimum Gasteiger partial charge on any atom is -0.493 e. The summed E-state index contributed by atoms with van der Waals surface area (Å²) >= 11 is 5.76. The topological polar surface area (TPSA) is 52.6 Å². The van der Waals surface area contributed by atoms with Crippen molar-refractivity contribution in [2.45, 2.75) is 6.54 Å². The number of methoxy groups -OCH3 is 3. The number of hydrogen-bond donors (Lipinski definition) is 1. The van der Waals surface area contributed by atoms with E-state index in [4.69, 9.17) is 25.8 Å². The van der Waals surface area contributed by atoms with Crippen molar-refractivity contribution >= 4 is 17.3 Å². The lowest BCUT2D eigenvalue weighted by Crippen LogP contribution is -2.04. The van der Waals surface area contributed by atoms with E-state index < -0.39 is 0 Å². The lowest BCUT2D eigenvalue weighted by Gasteiger charge is -2.16. The largest absolute Gasteiger partial charge is 0.493 e. The fourth-order valence-electron chi connectivity index (χ4n) is 1.98. The number of ether oxygens (including phenoxy) is 3. The van der Waals surface area contributed by atoms with Gasteiger partial charge in [0.1, 0.15) is 5.15 Å². The van der Waals surface area contributed by atoms with E-state index in [1.54, 1.807) is 33.6 Å². The fraction of sp³-hybridized carbons (Fsp3) is 0.267. The summed E-state index contributed by atoms with van der Waals surface area (Å²) in [5, 5.41) is 3.72. The molecule has 0 amide bonds. The first-order valence-corrected chi connectivity index (χ1v) is 6.70. The van der Waals surface area contributed by atoms with E-state index in [2.05, 4.69) is 10.3 Å². The molecule has 0 aliphatic carbocycles. The zero-order valence-electron chi connectivity index (χ0n) is 12.1. The highest BCUT2D eigenvalue weighted by Crippen LogP contribution is 2.39. The van der Waals surface area contributed by atoms with E-state index in [0.29, 0.717) is 28.9 Å². The van der Waals surface area contributed by atoms with Gasteiger partial charge in [-0.3, -0.25) is 0 Å². The third kappa shape index (κ3) is 3.49. The lowest BCUT2D eigenvalue weighted by molar-refractivity contribution is 0.322. The zero-order chi connectivity index (χ0) is 15.2. The van der Waals surface area contributed by atoms with Crippen LogP contribution in [-0.4, -0.2) is 26.3 Å². The molecule has 1 aromatic carbocycles. The van der Waals surface area contributed by atoms with Crippen LogP contribution in [0.15, 0.2) is 30.5 Å². The second-order valence-corrected chi connectivity index (χ2v) is 4.60. The van der Waals surface area contributed by atoms with E-state index in [-0.39, 0.29) is 0 Å². The Hall–Kier alpha value is -2.14. The fourth-order valence-corrected chi connectivity index (χ4v) is 2.09. The van der Waals surface area contributed by atoms with Crippen molar-refractivity contribution in [3.05, 3.63) is 41.2 Å². The molecule has 21 heavy (non-hydrogen) atoms. The number of nitrogens with zero attached hydrogens (tertiary/aromatic N) is 1. The molecule has 0 unspecified atom stereocenters. The Labute approximate surface area is 128 Å². The molecular formula is C15H17ClN2O3. The van der Waals surface area contributed by atoms with Gasteiger partial charge >= 0.3 is 0 Å². The number of anilines is 1. The van der Waals surface area contributed by atoms with Crippen molar-refractivity contribution in [2.24, 2.45) is 0 Å². The first-order valence-electron chi connectivity index (χ1n) is 6.33. The summed E-state index contributed by atoms with van der Waals surface area (Å²) in [4.78, 5) is 4.02.